The number of hydrogen-bond donors (Lipinski definition) is 3. The molecule has 0 saturated heterocycles. The largest absolute Gasteiger partial charge is 0.390 e. The average molecular weight is 222 g/mol. The van der Waals surface area contributed by atoms with Gasteiger partial charge in [-0.15, -0.1) is 0 Å². The number of benzene rings is 1. The molecule has 0 heterocycles. The molecule has 16 heavy (non-hydrogen) atoms. The lowest BCUT2D eigenvalue weighted by atomic mass is 10.0. The molecule has 0 fully saturated rings. The summed E-state index contributed by atoms with van der Waals surface area (Å²) in [6.07, 6.45) is -0.452. The average Bonchev–Trinajstić information content (AvgIpc) is 2.25. The molecular weight excluding hydrogens is 200 g/mol. The zero-order chi connectivity index (χ0) is 12.1. The molecular formula is C13H22N2O. The lowest BCUT2D eigenvalue weighted by Crippen LogP contribution is -2.32. The Morgan fingerprint density at radius 2 is 1.81 bits per heavy atom. The first-order valence-electron chi connectivity index (χ1n) is 5.70. The molecule has 4 N–H and O–H groups in total. The van der Waals surface area contributed by atoms with Gasteiger partial charge in [-0.05, 0) is 43.0 Å². The standard InChI is InChI=1S/C13H22N2O/c1-9-4-11(3)12(5-10(9)2)7-15-8-13(16)6-14/h4-5,13,15-16H,6-8,14H2,1-3H3. The van der Waals surface area contributed by atoms with Crippen molar-refractivity contribution in [1.82, 2.24) is 5.32 Å². The minimum Gasteiger partial charge on any atom is -0.390 e. The van der Waals surface area contributed by atoms with Gasteiger partial charge in [-0.1, -0.05) is 12.1 Å². The number of hydrogen-bond acceptors (Lipinski definition) is 3. The highest BCUT2D eigenvalue weighted by Gasteiger charge is 2.03. The molecule has 0 amide bonds. The molecule has 1 rings (SSSR count). The van der Waals surface area contributed by atoms with Crippen LogP contribution < -0.4 is 11.1 Å². The van der Waals surface area contributed by atoms with Crippen LogP contribution in [0.2, 0.25) is 0 Å². The Bertz CT molecular complexity index is 350. The molecule has 0 bridgehead atoms. The Labute approximate surface area is 97.7 Å². The van der Waals surface area contributed by atoms with Crippen LogP contribution in [0.5, 0.6) is 0 Å². The first-order valence-corrected chi connectivity index (χ1v) is 5.70. The molecule has 0 radical (unpaired) electrons. The van der Waals surface area contributed by atoms with E-state index >= 15 is 0 Å². The molecule has 0 spiro atoms. The summed E-state index contributed by atoms with van der Waals surface area (Å²) in [5.41, 5.74) is 10.5. The van der Waals surface area contributed by atoms with Crippen molar-refractivity contribution in [3.63, 3.8) is 0 Å². The number of aliphatic hydroxyl groups excluding tert-OH is 1. The molecule has 90 valence electrons. The van der Waals surface area contributed by atoms with Crippen LogP contribution in [0.25, 0.3) is 0 Å². The summed E-state index contributed by atoms with van der Waals surface area (Å²) in [6, 6.07) is 4.40. The van der Waals surface area contributed by atoms with Crippen LogP contribution in [0.15, 0.2) is 12.1 Å². The summed E-state index contributed by atoms with van der Waals surface area (Å²) >= 11 is 0. The third-order valence-corrected chi connectivity index (χ3v) is 2.92. The van der Waals surface area contributed by atoms with Crippen molar-refractivity contribution in [2.45, 2.75) is 33.4 Å². The lowest BCUT2D eigenvalue weighted by Gasteiger charge is -2.12. The van der Waals surface area contributed by atoms with Crippen molar-refractivity contribution in [1.29, 1.82) is 0 Å². The number of rotatable bonds is 5. The Balaban J connectivity index is 2.57. The second-order valence-corrected chi connectivity index (χ2v) is 4.38. The second-order valence-electron chi connectivity index (χ2n) is 4.38. The summed E-state index contributed by atoms with van der Waals surface area (Å²) < 4.78 is 0. The maximum Gasteiger partial charge on any atom is 0.0786 e. The minimum absolute atomic E-state index is 0.304. The predicted octanol–water partition coefficient (Wildman–Crippen LogP) is 1.02. The van der Waals surface area contributed by atoms with Gasteiger partial charge in [-0.2, -0.15) is 0 Å². The highest BCUT2D eigenvalue weighted by Crippen LogP contribution is 2.14. The van der Waals surface area contributed by atoms with Crippen LogP contribution in [0, 0.1) is 20.8 Å². The van der Waals surface area contributed by atoms with Crippen molar-refractivity contribution < 1.29 is 5.11 Å². The van der Waals surface area contributed by atoms with Crippen LogP contribution in [0.4, 0.5) is 0 Å². The third-order valence-electron chi connectivity index (χ3n) is 2.92. The van der Waals surface area contributed by atoms with E-state index in [2.05, 4.69) is 38.2 Å². The van der Waals surface area contributed by atoms with Gasteiger partial charge in [-0.3, -0.25) is 0 Å². The zero-order valence-electron chi connectivity index (χ0n) is 10.4. The molecule has 1 unspecified atom stereocenters. The molecule has 1 aromatic rings. The van der Waals surface area contributed by atoms with Gasteiger partial charge in [0.15, 0.2) is 0 Å². The zero-order valence-corrected chi connectivity index (χ0v) is 10.4. The summed E-state index contributed by atoms with van der Waals surface area (Å²) in [4.78, 5) is 0. The monoisotopic (exact) mass is 222 g/mol. The minimum atomic E-state index is -0.452. The fraction of sp³-hybridized carbons (Fsp3) is 0.538. The number of nitrogens with two attached hydrogens (primary N) is 1. The van der Waals surface area contributed by atoms with Gasteiger partial charge < -0.3 is 16.2 Å². The van der Waals surface area contributed by atoms with Gasteiger partial charge in [0.1, 0.15) is 0 Å². The predicted molar refractivity (Wildman–Crippen MR) is 67.4 cm³/mol. The van der Waals surface area contributed by atoms with E-state index < -0.39 is 6.10 Å². The fourth-order valence-corrected chi connectivity index (χ4v) is 1.67. The lowest BCUT2D eigenvalue weighted by molar-refractivity contribution is 0.179. The molecule has 1 aromatic carbocycles. The van der Waals surface area contributed by atoms with Gasteiger partial charge in [0.05, 0.1) is 6.10 Å². The Morgan fingerprint density at radius 3 is 2.44 bits per heavy atom. The van der Waals surface area contributed by atoms with E-state index in [-0.39, 0.29) is 0 Å². The number of aliphatic hydroxyl groups is 1. The van der Waals surface area contributed by atoms with Gasteiger partial charge in [0.2, 0.25) is 0 Å². The van der Waals surface area contributed by atoms with Gasteiger partial charge >= 0.3 is 0 Å². The summed E-state index contributed by atoms with van der Waals surface area (Å²) in [5.74, 6) is 0. The fourth-order valence-electron chi connectivity index (χ4n) is 1.67. The van der Waals surface area contributed by atoms with Crippen molar-refractivity contribution in [3.05, 3.63) is 34.4 Å². The molecule has 3 nitrogen and oxygen atoms in total. The normalized spacial score (nSPS) is 12.8. The number of aryl methyl sites for hydroxylation is 3. The smallest absolute Gasteiger partial charge is 0.0786 e. The van der Waals surface area contributed by atoms with Crippen molar-refractivity contribution >= 4 is 0 Å². The SMILES string of the molecule is Cc1cc(C)c(CNCC(O)CN)cc1C. The summed E-state index contributed by atoms with van der Waals surface area (Å²) in [5, 5.41) is 12.5. The second kappa shape index (κ2) is 5.99. The van der Waals surface area contributed by atoms with Crippen LogP contribution in [-0.4, -0.2) is 24.3 Å². The first-order chi connectivity index (χ1) is 7.54. The van der Waals surface area contributed by atoms with Gasteiger partial charge in [-0.25, -0.2) is 0 Å². The van der Waals surface area contributed by atoms with Crippen molar-refractivity contribution in [3.8, 4) is 0 Å². The maximum absolute atomic E-state index is 9.32. The Kier molecular flexibility index (Phi) is 4.93. The van der Waals surface area contributed by atoms with E-state index in [0.717, 1.165) is 6.54 Å². The molecule has 0 aliphatic carbocycles. The highest BCUT2D eigenvalue weighted by molar-refractivity contribution is 5.36. The Hall–Kier alpha value is -0.900. The van der Waals surface area contributed by atoms with Crippen LogP contribution in [0.1, 0.15) is 22.3 Å². The van der Waals surface area contributed by atoms with Crippen LogP contribution in [0.3, 0.4) is 0 Å². The third kappa shape index (κ3) is 3.59. The quantitative estimate of drug-likeness (QED) is 0.697. The van der Waals surface area contributed by atoms with Gasteiger partial charge in [0.25, 0.3) is 0 Å². The number of nitrogens with one attached hydrogen (secondary N) is 1. The molecule has 1 atom stereocenters. The highest BCUT2D eigenvalue weighted by atomic mass is 16.3. The van der Waals surface area contributed by atoms with E-state index in [1.165, 1.54) is 22.3 Å². The van der Waals surface area contributed by atoms with E-state index in [1.807, 2.05) is 0 Å². The maximum atomic E-state index is 9.32. The Morgan fingerprint density at radius 1 is 1.19 bits per heavy atom. The summed E-state index contributed by atoms with van der Waals surface area (Å²) in [6.45, 7) is 7.99. The molecule has 0 aromatic heterocycles. The molecule has 0 saturated carbocycles. The van der Waals surface area contributed by atoms with E-state index in [4.69, 9.17) is 5.73 Å². The van der Waals surface area contributed by atoms with Crippen LogP contribution >= 0.6 is 0 Å². The first kappa shape index (κ1) is 13.2. The summed E-state index contributed by atoms with van der Waals surface area (Å²) in [7, 11) is 0. The van der Waals surface area contributed by atoms with E-state index in [9.17, 15) is 5.11 Å². The topological polar surface area (TPSA) is 58.3 Å². The van der Waals surface area contributed by atoms with Crippen molar-refractivity contribution in [2.24, 2.45) is 5.73 Å². The van der Waals surface area contributed by atoms with Gasteiger partial charge in [0, 0.05) is 19.6 Å². The molecule has 0 aliphatic heterocycles. The van der Waals surface area contributed by atoms with Crippen molar-refractivity contribution in [2.75, 3.05) is 13.1 Å². The molecule has 3 heteroatoms. The van der Waals surface area contributed by atoms with E-state index in [1.54, 1.807) is 0 Å². The van der Waals surface area contributed by atoms with Crippen LogP contribution in [-0.2, 0) is 6.54 Å². The van der Waals surface area contributed by atoms with E-state index in [0.29, 0.717) is 13.1 Å². The molecule has 0 aliphatic rings.